The molecule has 10 atom stereocenters. The minimum atomic E-state index is 0.431. The second kappa shape index (κ2) is 7.11. The number of allylic oxidation sites excluding steroid dienone is 4. The van der Waals surface area contributed by atoms with Gasteiger partial charge >= 0.3 is 0 Å². The van der Waals surface area contributed by atoms with Gasteiger partial charge in [-0.05, 0) is 129 Å². The van der Waals surface area contributed by atoms with Crippen LogP contribution >= 0.6 is 0 Å². The van der Waals surface area contributed by atoms with Gasteiger partial charge in [0.2, 0.25) is 0 Å². The first-order valence-corrected chi connectivity index (χ1v) is 13.2. The molecule has 10 unspecified atom stereocenters. The Morgan fingerprint density at radius 1 is 1.00 bits per heavy atom. The molecule has 5 rings (SSSR count). The molecule has 5 fully saturated rings. The molecule has 0 saturated heterocycles. The first kappa shape index (κ1) is 21.1. The molecule has 166 valence electrons. The first-order chi connectivity index (χ1) is 14.3. The van der Waals surface area contributed by atoms with Crippen molar-refractivity contribution in [3.63, 3.8) is 0 Å². The monoisotopic (exact) mass is 406 g/mol. The van der Waals surface area contributed by atoms with Crippen LogP contribution in [-0.2, 0) is 0 Å². The summed E-state index contributed by atoms with van der Waals surface area (Å²) in [6.07, 6.45) is 20.9. The second-order valence-corrected chi connectivity index (χ2v) is 12.7. The molecule has 0 heteroatoms. The maximum atomic E-state index is 4.71. The molecule has 0 aromatic rings. The molecule has 0 radical (unpaired) electrons. The molecular formula is C30H46. The average Bonchev–Trinajstić information content (AvgIpc) is 3.16. The normalized spacial score (nSPS) is 52.5. The predicted octanol–water partition coefficient (Wildman–Crippen LogP) is 8.61. The first-order valence-electron chi connectivity index (χ1n) is 13.2. The third-order valence-electron chi connectivity index (χ3n) is 12.3. The van der Waals surface area contributed by atoms with E-state index in [2.05, 4.69) is 52.5 Å². The van der Waals surface area contributed by atoms with Crippen molar-refractivity contribution in [2.24, 2.45) is 57.7 Å². The van der Waals surface area contributed by atoms with Crippen LogP contribution in [0, 0.1) is 57.7 Å². The fraction of sp³-hybridized carbons (Fsp3) is 0.800. The summed E-state index contributed by atoms with van der Waals surface area (Å²) in [7, 11) is 0. The molecule has 5 saturated carbocycles. The summed E-state index contributed by atoms with van der Waals surface area (Å²) in [6.45, 7) is 19.0. The van der Waals surface area contributed by atoms with Crippen molar-refractivity contribution in [1.29, 1.82) is 0 Å². The van der Waals surface area contributed by atoms with E-state index in [0.29, 0.717) is 16.2 Å². The number of rotatable bonds is 6. The predicted molar refractivity (Wildman–Crippen MR) is 129 cm³/mol. The summed E-state index contributed by atoms with van der Waals surface area (Å²) >= 11 is 0. The highest BCUT2D eigenvalue weighted by Crippen LogP contribution is 2.83. The van der Waals surface area contributed by atoms with Crippen molar-refractivity contribution < 1.29 is 0 Å². The van der Waals surface area contributed by atoms with Gasteiger partial charge in [-0.1, -0.05) is 51.2 Å². The lowest BCUT2D eigenvalue weighted by atomic mass is 9.44. The minimum Gasteiger partial charge on any atom is -0.103 e. The average molecular weight is 407 g/mol. The van der Waals surface area contributed by atoms with Crippen molar-refractivity contribution in [3.05, 3.63) is 37.0 Å². The van der Waals surface area contributed by atoms with E-state index in [1.165, 1.54) is 57.8 Å². The van der Waals surface area contributed by atoms with E-state index in [1.54, 1.807) is 12.0 Å². The van der Waals surface area contributed by atoms with Crippen LogP contribution in [0.5, 0.6) is 0 Å². The molecule has 0 spiro atoms. The van der Waals surface area contributed by atoms with E-state index in [1.807, 2.05) is 0 Å². The lowest BCUT2D eigenvalue weighted by Gasteiger charge is -2.60. The van der Waals surface area contributed by atoms with Gasteiger partial charge in [-0.3, -0.25) is 0 Å². The maximum absolute atomic E-state index is 4.71. The largest absolute Gasteiger partial charge is 0.103 e. The Balaban J connectivity index is 1.39. The van der Waals surface area contributed by atoms with Gasteiger partial charge in [0, 0.05) is 0 Å². The zero-order chi connectivity index (χ0) is 21.3. The number of hydrogen-bond donors (Lipinski definition) is 0. The fourth-order valence-corrected chi connectivity index (χ4v) is 10.4. The molecule has 5 aliphatic rings. The Morgan fingerprint density at radius 2 is 1.80 bits per heavy atom. The summed E-state index contributed by atoms with van der Waals surface area (Å²) in [5, 5.41) is 0. The Kier molecular flexibility index (Phi) is 5.00. The molecule has 0 amide bonds. The molecule has 0 N–H and O–H groups in total. The molecule has 30 heavy (non-hydrogen) atoms. The Morgan fingerprint density at radius 3 is 2.53 bits per heavy atom. The van der Waals surface area contributed by atoms with E-state index >= 15 is 0 Å². The summed E-state index contributed by atoms with van der Waals surface area (Å²) in [5.74, 6) is 6.62. The second-order valence-electron chi connectivity index (χ2n) is 12.7. The molecular weight excluding hydrogens is 360 g/mol. The van der Waals surface area contributed by atoms with Gasteiger partial charge in [0.1, 0.15) is 0 Å². The van der Waals surface area contributed by atoms with Crippen molar-refractivity contribution in [3.8, 4) is 0 Å². The summed E-state index contributed by atoms with van der Waals surface area (Å²) in [4.78, 5) is 0. The maximum Gasteiger partial charge on any atom is -0.00288 e. The van der Waals surface area contributed by atoms with Crippen LogP contribution in [0.2, 0.25) is 0 Å². The summed E-state index contributed by atoms with van der Waals surface area (Å²) < 4.78 is 0. The van der Waals surface area contributed by atoms with Crippen LogP contribution in [0.4, 0.5) is 0 Å². The van der Waals surface area contributed by atoms with Gasteiger partial charge in [0.15, 0.2) is 0 Å². The molecule has 0 nitrogen and oxygen atoms in total. The topological polar surface area (TPSA) is 0 Å². The van der Waals surface area contributed by atoms with E-state index < -0.39 is 0 Å². The molecule has 0 aromatic carbocycles. The van der Waals surface area contributed by atoms with Crippen LogP contribution in [0.3, 0.4) is 0 Å². The van der Waals surface area contributed by atoms with E-state index in [-0.39, 0.29) is 0 Å². The molecule has 5 aliphatic carbocycles. The smallest absolute Gasteiger partial charge is 0.00288 e. The van der Waals surface area contributed by atoms with E-state index in [0.717, 1.165) is 41.4 Å². The standard InChI is InChI=1S/C30H46/c1-7-9-11-21(10-8-2)18-22-13-15-24-23-19-27-26-14-12-20(3)29(5,30(26,27)6)25(23)16-17-28(22,24)4/h7-9,21-27H,2-3,10-19H2,1,4-6H3/b9-7-. The summed E-state index contributed by atoms with van der Waals surface area (Å²) in [5.41, 5.74) is 3.25. The third kappa shape index (κ3) is 2.58. The Hall–Kier alpha value is -0.780. The SMILES string of the molecule is C=CCC(C/C=C\C)CC1CCC2C3CC4C5CCC(=C)C(C)(C3CCC12C)C54C. The van der Waals surface area contributed by atoms with Gasteiger partial charge in [0.05, 0.1) is 0 Å². The van der Waals surface area contributed by atoms with Crippen molar-refractivity contribution in [2.45, 2.75) is 91.9 Å². The lowest BCUT2D eigenvalue weighted by Crippen LogP contribution is -2.53. The van der Waals surface area contributed by atoms with Crippen molar-refractivity contribution in [1.82, 2.24) is 0 Å². The summed E-state index contributed by atoms with van der Waals surface area (Å²) in [6, 6.07) is 0. The van der Waals surface area contributed by atoms with Gasteiger partial charge in [-0.25, -0.2) is 0 Å². The lowest BCUT2D eigenvalue weighted by molar-refractivity contribution is -0.0869. The minimum absolute atomic E-state index is 0.431. The van der Waals surface area contributed by atoms with Crippen molar-refractivity contribution in [2.75, 3.05) is 0 Å². The van der Waals surface area contributed by atoms with Gasteiger partial charge in [-0.15, -0.1) is 6.58 Å². The van der Waals surface area contributed by atoms with Gasteiger partial charge in [0.25, 0.3) is 0 Å². The number of fused-ring (bicyclic) bond motifs is 5. The van der Waals surface area contributed by atoms with Crippen LogP contribution in [-0.4, -0.2) is 0 Å². The Labute approximate surface area is 186 Å². The zero-order valence-corrected chi connectivity index (χ0v) is 20.3. The van der Waals surface area contributed by atoms with Crippen molar-refractivity contribution >= 4 is 0 Å². The van der Waals surface area contributed by atoms with Crippen LogP contribution in [0.1, 0.15) is 91.9 Å². The third-order valence-corrected chi connectivity index (χ3v) is 12.3. The molecule has 0 bridgehead atoms. The van der Waals surface area contributed by atoms with Crippen LogP contribution in [0.15, 0.2) is 37.0 Å². The highest BCUT2D eigenvalue weighted by atomic mass is 14.8. The van der Waals surface area contributed by atoms with Crippen LogP contribution < -0.4 is 0 Å². The molecule has 0 aromatic heterocycles. The number of hydrogen-bond acceptors (Lipinski definition) is 0. The van der Waals surface area contributed by atoms with Crippen LogP contribution in [0.25, 0.3) is 0 Å². The van der Waals surface area contributed by atoms with E-state index in [4.69, 9.17) is 6.58 Å². The highest BCUT2D eigenvalue weighted by molar-refractivity contribution is 5.34. The van der Waals surface area contributed by atoms with Gasteiger partial charge in [-0.2, -0.15) is 0 Å². The van der Waals surface area contributed by atoms with E-state index in [9.17, 15) is 0 Å². The molecule has 0 heterocycles. The quantitative estimate of drug-likeness (QED) is 0.387. The molecule has 0 aliphatic heterocycles. The highest BCUT2D eigenvalue weighted by Gasteiger charge is 2.77. The van der Waals surface area contributed by atoms with Gasteiger partial charge < -0.3 is 0 Å². The fourth-order valence-electron chi connectivity index (χ4n) is 10.4. The Bertz CT molecular complexity index is 743. The zero-order valence-electron chi connectivity index (χ0n) is 20.3.